The summed E-state index contributed by atoms with van der Waals surface area (Å²) in [7, 11) is 0. The van der Waals surface area contributed by atoms with E-state index in [1.54, 1.807) is 6.07 Å². The van der Waals surface area contributed by atoms with Crippen LogP contribution in [0.25, 0.3) is 22.3 Å². The lowest BCUT2D eigenvalue weighted by Crippen LogP contribution is -2.40. The topological polar surface area (TPSA) is 54.0 Å². The number of nitrogens with zero attached hydrogens (tertiary/aromatic N) is 3. The van der Waals surface area contributed by atoms with Crippen molar-refractivity contribution in [3.05, 3.63) is 40.6 Å². The number of H-pyrrole nitrogens is 1. The highest BCUT2D eigenvalue weighted by molar-refractivity contribution is 6.43. The monoisotopic (exact) mass is 402 g/mol. The molecule has 2 aliphatic rings. The predicted molar refractivity (Wildman–Crippen MR) is 109 cm³/mol. The Morgan fingerprint density at radius 3 is 2.74 bits per heavy atom. The van der Waals surface area contributed by atoms with Crippen LogP contribution in [0.1, 0.15) is 19.3 Å². The third-order valence-electron chi connectivity index (χ3n) is 5.94. The molecule has 5 nitrogen and oxygen atoms in total. The van der Waals surface area contributed by atoms with Gasteiger partial charge in [-0.15, -0.1) is 0 Å². The Labute approximate surface area is 167 Å². The van der Waals surface area contributed by atoms with Crippen molar-refractivity contribution in [2.75, 3.05) is 31.2 Å². The van der Waals surface area contributed by atoms with E-state index in [0.29, 0.717) is 15.5 Å². The number of benzene rings is 1. The molecule has 140 valence electrons. The van der Waals surface area contributed by atoms with Crippen molar-refractivity contribution in [1.29, 1.82) is 0 Å². The highest BCUT2D eigenvalue weighted by atomic mass is 35.5. The Bertz CT molecular complexity index is 987. The molecular formula is C20H20Cl2N4O. The van der Waals surface area contributed by atoms with Gasteiger partial charge in [-0.3, -0.25) is 0 Å². The van der Waals surface area contributed by atoms with Crippen molar-refractivity contribution in [3.63, 3.8) is 0 Å². The lowest BCUT2D eigenvalue weighted by Gasteiger charge is -2.38. The Morgan fingerprint density at radius 2 is 1.96 bits per heavy atom. The fraction of sp³-hybridized carbons (Fsp3) is 0.400. The van der Waals surface area contributed by atoms with Gasteiger partial charge in [-0.2, -0.15) is 0 Å². The van der Waals surface area contributed by atoms with Gasteiger partial charge in [0.05, 0.1) is 22.8 Å². The molecule has 5 rings (SSSR count). The van der Waals surface area contributed by atoms with E-state index >= 15 is 0 Å². The Balaban J connectivity index is 1.43. The number of nitrogens with one attached hydrogen (secondary N) is 1. The van der Waals surface area contributed by atoms with E-state index in [0.717, 1.165) is 67.3 Å². The van der Waals surface area contributed by atoms with Crippen molar-refractivity contribution in [2.24, 2.45) is 5.41 Å². The molecule has 0 saturated carbocycles. The number of fused-ring (bicyclic) bond motifs is 1. The highest BCUT2D eigenvalue weighted by Gasteiger charge is 2.38. The average molecular weight is 403 g/mol. The molecule has 0 radical (unpaired) electrons. The van der Waals surface area contributed by atoms with Crippen LogP contribution in [0.4, 0.5) is 5.82 Å². The fourth-order valence-corrected chi connectivity index (χ4v) is 4.61. The minimum atomic E-state index is 0.386. The summed E-state index contributed by atoms with van der Waals surface area (Å²) in [6.45, 7) is 3.81. The van der Waals surface area contributed by atoms with Gasteiger partial charge in [0.2, 0.25) is 0 Å². The second kappa shape index (κ2) is 6.66. The van der Waals surface area contributed by atoms with Gasteiger partial charge in [0.15, 0.2) is 5.65 Å². The van der Waals surface area contributed by atoms with Gasteiger partial charge in [0, 0.05) is 37.0 Å². The maximum Gasteiger partial charge on any atom is 0.159 e. The summed E-state index contributed by atoms with van der Waals surface area (Å²) < 4.78 is 5.63. The molecule has 0 atom stereocenters. The first-order valence-corrected chi connectivity index (χ1v) is 10.0. The number of aromatic amines is 1. The van der Waals surface area contributed by atoms with Gasteiger partial charge in [-0.1, -0.05) is 35.3 Å². The van der Waals surface area contributed by atoms with Crippen molar-refractivity contribution in [1.82, 2.24) is 15.0 Å². The minimum absolute atomic E-state index is 0.386. The van der Waals surface area contributed by atoms with E-state index < -0.39 is 0 Å². The van der Waals surface area contributed by atoms with Gasteiger partial charge >= 0.3 is 0 Å². The summed E-state index contributed by atoms with van der Waals surface area (Å²) in [5.41, 5.74) is 3.73. The smallest absolute Gasteiger partial charge is 0.159 e. The summed E-state index contributed by atoms with van der Waals surface area (Å²) >= 11 is 12.6. The Morgan fingerprint density at radius 1 is 1.11 bits per heavy atom. The second-order valence-corrected chi connectivity index (χ2v) is 8.30. The van der Waals surface area contributed by atoms with Crippen LogP contribution in [0.5, 0.6) is 0 Å². The molecule has 1 N–H and O–H groups in total. The van der Waals surface area contributed by atoms with Gasteiger partial charge < -0.3 is 14.6 Å². The first-order chi connectivity index (χ1) is 13.2. The number of aromatic nitrogens is 3. The van der Waals surface area contributed by atoms with Gasteiger partial charge in [-0.05, 0) is 30.7 Å². The SMILES string of the molecule is Clc1cccc(-c2c[nH]c3nc(N4CCC5(CCOC5)CC4)cnc23)c1Cl. The summed E-state index contributed by atoms with van der Waals surface area (Å²) in [5, 5.41) is 1.07. The van der Waals surface area contributed by atoms with E-state index in [1.165, 1.54) is 6.42 Å². The molecule has 2 fully saturated rings. The first kappa shape index (κ1) is 17.3. The van der Waals surface area contributed by atoms with Crippen LogP contribution in [0.15, 0.2) is 30.6 Å². The molecule has 1 spiro atoms. The normalized spacial score (nSPS) is 19.3. The molecule has 3 aromatic rings. The zero-order chi connectivity index (χ0) is 18.4. The first-order valence-electron chi connectivity index (χ1n) is 9.26. The molecule has 7 heteroatoms. The molecular weight excluding hydrogens is 383 g/mol. The van der Waals surface area contributed by atoms with Crippen molar-refractivity contribution < 1.29 is 4.74 Å². The molecule has 0 amide bonds. The van der Waals surface area contributed by atoms with Crippen molar-refractivity contribution >= 4 is 40.2 Å². The molecule has 4 heterocycles. The Hall–Kier alpha value is -1.82. The highest BCUT2D eigenvalue weighted by Crippen LogP contribution is 2.40. The van der Waals surface area contributed by atoms with Crippen LogP contribution in [-0.4, -0.2) is 41.3 Å². The van der Waals surface area contributed by atoms with E-state index in [4.69, 9.17) is 37.9 Å². The summed E-state index contributed by atoms with van der Waals surface area (Å²) in [5.74, 6) is 0.918. The van der Waals surface area contributed by atoms with E-state index in [2.05, 4.69) is 9.88 Å². The summed E-state index contributed by atoms with van der Waals surface area (Å²) in [4.78, 5) is 15.1. The van der Waals surface area contributed by atoms with Gasteiger partial charge in [-0.25, -0.2) is 9.97 Å². The lowest BCUT2D eigenvalue weighted by molar-refractivity contribution is 0.133. The quantitative estimate of drug-likeness (QED) is 0.659. The minimum Gasteiger partial charge on any atom is -0.381 e. The Kier molecular flexibility index (Phi) is 4.26. The number of halogens is 2. The largest absolute Gasteiger partial charge is 0.381 e. The summed E-state index contributed by atoms with van der Waals surface area (Å²) in [6, 6.07) is 5.62. The van der Waals surface area contributed by atoms with Crippen LogP contribution in [0.3, 0.4) is 0 Å². The second-order valence-electron chi connectivity index (χ2n) is 7.52. The maximum atomic E-state index is 6.38. The molecule has 1 aromatic carbocycles. The molecule has 2 saturated heterocycles. The number of hydrogen-bond donors (Lipinski definition) is 1. The number of ether oxygens (including phenoxy) is 1. The fourth-order valence-electron chi connectivity index (χ4n) is 4.21. The number of hydrogen-bond acceptors (Lipinski definition) is 4. The molecule has 0 unspecified atom stereocenters. The predicted octanol–water partition coefficient (Wildman–Crippen LogP) is 4.94. The van der Waals surface area contributed by atoms with Crippen LogP contribution in [0.2, 0.25) is 10.0 Å². The third-order valence-corrected chi connectivity index (χ3v) is 6.76. The van der Waals surface area contributed by atoms with Crippen molar-refractivity contribution in [3.8, 4) is 11.1 Å². The number of piperidine rings is 1. The van der Waals surface area contributed by atoms with E-state index in [9.17, 15) is 0 Å². The number of anilines is 1. The average Bonchev–Trinajstić information content (AvgIpc) is 3.31. The lowest BCUT2D eigenvalue weighted by atomic mass is 9.78. The molecule has 2 aromatic heterocycles. The maximum absolute atomic E-state index is 6.38. The molecule has 0 bridgehead atoms. The zero-order valence-corrected chi connectivity index (χ0v) is 16.4. The molecule has 2 aliphatic heterocycles. The van der Waals surface area contributed by atoms with Gasteiger partial charge in [0.25, 0.3) is 0 Å². The summed E-state index contributed by atoms with van der Waals surface area (Å²) in [6.07, 6.45) is 7.25. The van der Waals surface area contributed by atoms with Crippen molar-refractivity contribution in [2.45, 2.75) is 19.3 Å². The van der Waals surface area contributed by atoms with Crippen LogP contribution < -0.4 is 4.90 Å². The van der Waals surface area contributed by atoms with Crippen LogP contribution in [-0.2, 0) is 4.74 Å². The standard InChI is InChI=1S/C20H20Cl2N4O/c21-15-3-1-2-13(17(15)22)14-10-24-19-18(14)23-11-16(25-19)26-7-4-20(5-8-26)6-9-27-12-20/h1-3,10-11H,4-9,12H2,(H,24,25). The van der Waals surface area contributed by atoms with E-state index in [1.807, 2.05) is 24.5 Å². The van der Waals surface area contributed by atoms with Crippen LogP contribution >= 0.6 is 23.2 Å². The third kappa shape index (κ3) is 2.98. The van der Waals surface area contributed by atoms with Gasteiger partial charge in [0.1, 0.15) is 11.3 Å². The van der Waals surface area contributed by atoms with Crippen LogP contribution in [0, 0.1) is 5.41 Å². The van der Waals surface area contributed by atoms with E-state index in [-0.39, 0.29) is 0 Å². The molecule has 0 aliphatic carbocycles. The zero-order valence-electron chi connectivity index (χ0n) is 14.8. The number of rotatable bonds is 2. The molecule has 27 heavy (non-hydrogen) atoms.